The maximum atomic E-state index is 12.9. The van der Waals surface area contributed by atoms with Crippen molar-refractivity contribution in [1.29, 1.82) is 0 Å². The Labute approximate surface area is 192 Å². The maximum absolute atomic E-state index is 12.9. The normalized spacial score (nSPS) is 11.1. The second-order valence-electron chi connectivity index (χ2n) is 7.31. The first-order chi connectivity index (χ1) is 16.5. The molecule has 4 heterocycles. The Morgan fingerprint density at radius 2 is 1.85 bits per heavy atom. The van der Waals surface area contributed by atoms with E-state index in [0.29, 0.717) is 34.1 Å². The first-order valence-electron chi connectivity index (χ1n) is 10.2. The van der Waals surface area contributed by atoms with Gasteiger partial charge in [-0.25, -0.2) is 29.0 Å². The number of fused-ring (bicyclic) bond motifs is 1. The van der Waals surface area contributed by atoms with Crippen molar-refractivity contribution in [3.8, 4) is 28.6 Å². The van der Waals surface area contributed by atoms with E-state index in [4.69, 9.17) is 20.4 Å². The number of alkyl halides is 1. The van der Waals surface area contributed by atoms with E-state index >= 15 is 0 Å². The molecule has 0 unspecified atom stereocenters. The fourth-order valence-electron chi connectivity index (χ4n) is 3.42. The minimum atomic E-state index is -0.789. The van der Waals surface area contributed by atoms with Crippen LogP contribution in [0.1, 0.15) is 12.5 Å². The number of hydrogen-bond acceptors (Lipinski definition) is 9. The van der Waals surface area contributed by atoms with Gasteiger partial charge in [0.15, 0.2) is 24.1 Å². The van der Waals surface area contributed by atoms with Gasteiger partial charge < -0.3 is 10.5 Å². The van der Waals surface area contributed by atoms with Gasteiger partial charge in [-0.15, -0.1) is 5.10 Å². The van der Waals surface area contributed by atoms with Gasteiger partial charge in [-0.2, -0.15) is 0 Å². The molecule has 0 saturated heterocycles. The first-order valence-corrected chi connectivity index (χ1v) is 10.2. The fraction of sp³-hybridized carbons (Fsp3) is 0.136. The quantitative estimate of drug-likeness (QED) is 0.380. The molecule has 34 heavy (non-hydrogen) atoms. The van der Waals surface area contributed by atoms with Gasteiger partial charge in [0.05, 0.1) is 11.9 Å². The molecule has 11 nitrogen and oxygen atoms in total. The zero-order valence-electron chi connectivity index (χ0n) is 18.0. The van der Waals surface area contributed by atoms with Crippen LogP contribution in [0, 0.1) is 0 Å². The number of anilines is 1. The molecule has 0 bridgehead atoms. The molecule has 0 saturated carbocycles. The van der Waals surface area contributed by atoms with Gasteiger partial charge in [0.25, 0.3) is 0 Å². The van der Waals surface area contributed by atoms with Crippen LogP contribution in [-0.4, -0.2) is 45.5 Å². The molecule has 0 aliphatic rings. The number of pyridine rings is 1. The Balaban J connectivity index is 1.67. The molecule has 0 spiro atoms. The lowest BCUT2D eigenvalue weighted by molar-refractivity contribution is -0.142. The Bertz CT molecular complexity index is 1490. The first kappa shape index (κ1) is 21.1. The van der Waals surface area contributed by atoms with Crippen LogP contribution in [0.15, 0.2) is 55.0 Å². The van der Waals surface area contributed by atoms with E-state index < -0.39 is 6.80 Å². The number of aromatic nitrogens is 8. The summed E-state index contributed by atoms with van der Waals surface area (Å²) in [7, 11) is 0. The molecule has 12 heteroatoms. The van der Waals surface area contributed by atoms with Crippen molar-refractivity contribution in [3.05, 3.63) is 60.6 Å². The average Bonchev–Trinajstić information content (AvgIpc) is 3.48. The van der Waals surface area contributed by atoms with Crippen LogP contribution in [0.5, 0.6) is 0 Å². The van der Waals surface area contributed by atoms with Gasteiger partial charge in [-0.05, 0) is 29.8 Å². The van der Waals surface area contributed by atoms with Gasteiger partial charge in [-0.1, -0.05) is 17.3 Å². The summed E-state index contributed by atoms with van der Waals surface area (Å²) in [6, 6.07) is 10.9. The lowest BCUT2D eigenvalue weighted by Crippen LogP contribution is -2.04. The molecular weight excluding hydrogens is 441 g/mol. The number of nitrogens with two attached hydrogens (primary N) is 1. The van der Waals surface area contributed by atoms with Crippen molar-refractivity contribution in [2.24, 2.45) is 0 Å². The fourth-order valence-corrected chi connectivity index (χ4v) is 3.42. The van der Waals surface area contributed by atoms with E-state index in [1.807, 2.05) is 24.3 Å². The second-order valence-corrected chi connectivity index (χ2v) is 7.31. The Morgan fingerprint density at radius 1 is 1.06 bits per heavy atom. The van der Waals surface area contributed by atoms with Crippen LogP contribution in [0.4, 0.5) is 10.2 Å². The van der Waals surface area contributed by atoms with Gasteiger partial charge >= 0.3 is 5.97 Å². The SMILES string of the molecule is CC(=O)OCc1ccc(-n2c(-c3nccnc3N)nc3ccc(-c4cn(CF)nn4)nc32)cc1. The van der Waals surface area contributed by atoms with Gasteiger partial charge in [0, 0.05) is 25.0 Å². The van der Waals surface area contributed by atoms with Crippen LogP contribution in [0.3, 0.4) is 0 Å². The molecular formula is C22H18FN9O2. The minimum Gasteiger partial charge on any atom is -0.461 e. The molecule has 0 amide bonds. The van der Waals surface area contributed by atoms with E-state index in [0.717, 1.165) is 15.9 Å². The molecule has 0 atom stereocenters. The summed E-state index contributed by atoms with van der Waals surface area (Å²) in [5, 5.41) is 7.72. The van der Waals surface area contributed by atoms with Crippen molar-refractivity contribution in [2.45, 2.75) is 20.3 Å². The molecule has 5 rings (SSSR count). The lowest BCUT2D eigenvalue weighted by Gasteiger charge is -2.11. The highest BCUT2D eigenvalue weighted by Gasteiger charge is 2.20. The second kappa shape index (κ2) is 8.65. The van der Waals surface area contributed by atoms with Crippen LogP contribution in [0.25, 0.3) is 39.8 Å². The lowest BCUT2D eigenvalue weighted by atomic mass is 10.2. The number of halogens is 1. The molecule has 170 valence electrons. The molecule has 1 aromatic carbocycles. The summed E-state index contributed by atoms with van der Waals surface area (Å²) in [5.41, 5.74) is 10.1. The van der Waals surface area contributed by atoms with Crippen molar-refractivity contribution in [1.82, 2.24) is 39.5 Å². The van der Waals surface area contributed by atoms with E-state index in [2.05, 4.69) is 20.3 Å². The number of nitrogen functional groups attached to an aromatic ring is 1. The van der Waals surface area contributed by atoms with Crippen LogP contribution < -0.4 is 5.73 Å². The summed E-state index contributed by atoms with van der Waals surface area (Å²) >= 11 is 0. The van der Waals surface area contributed by atoms with E-state index in [-0.39, 0.29) is 18.4 Å². The van der Waals surface area contributed by atoms with Crippen molar-refractivity contribution < 1.29 is 13.9 Å². The number of ether oxygens (including phenoxy) is 1. The average molecular weight is 459 g/mol. The van der Waals surface area contributed by atoms with Crippen molar-refractivity contribution >= 4 is 23.0 Å². The number of benzene rings is 1. The molecule has 0 aliphatic carbocycles. The maximum Gasteiger partial charge on any atom is 0.302 e. The number of imidazole rings is 1. The third kappa shape index (κ3) is 3.92. The highest BCUT2D eigenvalue weighted by molar-refractivity contribution is 5.83. The van der Waals surface area contributed by atoms with Crippen molar-refractivity contribution in [3.63, 3.8) is 0 Å². The highest BCUT2D eigenvalue weighted by atomic mass is 19.1. The van der Waals surface area contributed by atoms with Crippen LogP contribution in [0.2, 0.25) is 0 Å². The Morgan fingerprint density at radius 3 is 2.56 bits per heavy atom. The van der Waals surface area contributed by atoms with E-state index in [1.165, 1.54) is 25.5 Å². The number of hydrogen-bond donors (Lipinski definition) is 1. The number of nitrogens with zero attached hydrogens (tertiary/aromatic N) is 8. The number of carbonyl (C=O) groups excluding carboxylic acids is 1. The third-order valence-corrected chi connectivity index (χ3v) is 5.00. The molecule has 0 radical (unpaired) electrons. The molecule has 0 aliphatic heterocycles. The molecule has 0 fully saturated rings. The summed E-state index contributed by atoms with van der Waals surface area (Å²) in [4.78, 5) is 29.1. The van der Waals surface area contributed by atoms with Gasteiger partial charge in [0.1, 0.15) is 23.5 Å². The standard InChI is InChI=1S/C22H18FN9O2/c1-13(33)34-11-14-2-4-15(5-3-14)32-21-17(28-22(32)19-20(24)26-9-8-25-19)7-6-16(27-21)18-10-31(12-23)30-29-18/h2-10H,11-12H2,1H3,(H2,24,26). The van der Waals surface area contributed by atoms with Gasteiger partial charge in [0.2, 0.25) is 0 Å². The smallest absolute Gasteiger partial charge is 0.302 e. The topological polar surface area (TPSA) is 140 Å². The minimum absolute atomic E-state index is 0.164. The zero-order valence-corrected chi connectivity index (χ0v) is 18.0. The summed E-state index contributed by atoms with van der Waals surface area (Å²) in [6.07, 6.45) is 4.51. The predicted octanol–water partition coefficient (Wildman–Crippen LogP) is 2.71. The Hall–Kier alpha value is -4.74. The van der Waals surface area contributed by atoms with E-state index in [9.17, 15) is 9.18 Å². The van der Waals surface area contributed by atoms with Gasteiger partial charge in [-0.3, -0.25) is 9.36 Å². The molecule has 2 N–H and O–H groups in total. The summed E-state index contributed by atoms with van der Waals surface area (Å²) in [6.45, 7) is 0.735. The highest BCUT2D eigenvalue weighted by Crippen LogP contribution is 2.30. The predicted molar refractivity (Wildman–Crippen MR) is 120 cm³/mol. The van der Waals surface area contributed by atoms with E-state index in [1.54, 1.807) is 16.7 Å². The largest absolute Gasteiger partial charge is 0.461 e. The monoisotopic (exact) mass is 459 g/mol. The molecule has 5 aromatic rings. The van der Waals surface area contributed by atoms with Crippen LogP contribution in [-0.2, 0) is 22.9 Å². The number of rotatable bonds is 6. The summed E-state index contributed by atoms with van der Waals surface area (Å²) < 4.78 is 20.9. The van der Waals surface area contributed by atoms with Crippen LogP contribution >= 0.6 is 0 Å². The number of esters is 1. The zero-order chi connectivity index (χ0) is 23.7. The third-order valence-electron chi connectivity index (χ3n) is 5.00. The van der Waals surface area contributed by atoms with Crippen molar-refractivity contribution in [2.75, 3.05) is 5.73 Å². The molecule has 4 aromatic heterocycles. The Kier molecular flexibility index (Phi) is 5.38. The number of carbonyl (C=O) groups is 1. The summed E-state index contributed by atoms with van der Waals surface area (Å²) in [5.74, 6) is 0.313.